The molecule has 10 rings (SSSR count). The summed E-state index contributed by atoms with van der Waals surface area (Å²) in [6.45, 7) is 7.80. The Kier molecular flexibility index (Phi) is 11.1. The molecule has 2 saturated heterocycles. The monoisotopic (exact) mass is 842 g/mol. The van der Waals surface area contributed by atoms with Gasteiger partial charge in [0.1, 0.15) is 6.29 Å². The van der Waals surface area contributed by atoms with E-state index in [1.807, 2.05) is 24.3 Å². The lowest BCUT2D eigenvalue weighted by molar-refractivity contribution is 0.0516. The second-order valence-electron chi connectivity index (χ2n) is 18.5. The fourth-order valence-corrected chi connectivity index (χ4v) is 11.5. The molecule has 0 unspecified atom stereocenters. The minimum absolute atomic E-state index is 0.157. The van der Waals surface area contributed by atoms with E-state index in [1.165, 1.54) is 43.4 Å². The molecule has 0 radical (unpaired) electrons. The number of carbonyl (C=O) groups is 5. The number of fused-ring (bicyclic) bond motifs is 2. The lowest BCUT2D eigenvalue weighted by Crippen LogP contribution is -2.47. The first kappa shape index (κ1) is 41.2. The molecule has 0 aromatic heterocycles. The summed E-state index contributed by atoms with van der Waals surface area (Å²) in [5, 5.41) is 6.96. The third-order valence-corrected chi connectivity index (χ3v) is 14.7. The molecule has 4 heterocycles. The zero-order valence-corrected chi connectivity index (χ0v) is 36.9. The molecule has 4 aliphatic rings. The van der Waals surface area contributed by atoms with Gasteiger partial charge < -0.3 is 9.80 Å². The van der Waals surface area contributed by atoms with E-state index >= 15 is 9.59 Å². The van der Waals surface area contributed by atoms with Gasteiger partial charge in [0.25, 0.3) is 23.6 Å². The molecule has 2 fully saturated rings. The van der Waals surface area contributed by atoms with E-state index in [9.17, 15) is 14.4 Å². The van der Waals surface area contributed by atoms with Crippen molar-refractivity contribution in [3.05, 3.63) is 88.5 Å². The Morgan fingerprint density at radius 2 is 0.937 bits per heavy atom. The van der Waals surface area contributed by atoms with Crippen LogP contribution >= 0.6 is 0 Å². The Balaban J connectivity index is 1.20. The summed E-state index contributed by atoms with van der Waals surface area (Å²) >= 11 is 0. The molecular weight excluding hydrogens is 785 g/mol. The number of rotatable bonds is 17. The highest BCUT2D eigenvalue weighted by atomic mass is 16.2. The summed E-state index contributed by atoms with van der Waals surface area (Å²) in [7, 11) is 0. The molecule has 9 heteroatoms. The van der Waals surface area contributed by atoms with E-state index in [0.717, 1.165) is 146 Å². The summed E-state index contributed by atoms with van der Waals surface area (Å²) in [6, 6.07) is 18.4. The van der Waals surface area contributed by atoms with Gasteiger partial charge in [-0.1, -0.05) is 90.2 Å². The first-order chi connectivity index (χ1) is 30.9. The molecule has 4 aliphatic heterocycles. The van der Waals surface area contributed by atoms with Crippen LogP contribution in [0.4, 0.5) is 17.1 Å². The predicted octanol–water partition coefficient (Wildman–Crippen LogP) is 12.2. The first-order valence-electron chi connectivity index (χ1n) is 24.0. The molecule has 0 spiro atoms. The maximum atomic E-state index is 15.3. The number of nitrogens with zero attached hydrogens (tertiary/aromatic N) is 4. The summed E-state index contributed by atoms with van der Waals surface area (Å²) in [5.41, 5.74) is 4.89. The highest BCUT2D eigenvalue weighted by Gasteiger charge is 2.41. The Hall–Kier alpha value is -5.83. The van der Waals surface area contributed by atoms with E-state index in [2.05, 4.69) is 35.8 Å². The summed E-state index contributed by atoms with van der Waals surface area (Å²) in [4.78, 5) is 79.0. The second-order valence-corrected chi connectivity index (χ2v) is 18.5. The standard InChI is InChI=1S/C54H58N4O5/c1-3-5-7-9-11-17-35(18-12-10-8-6-4-2)57-51(60)39-25-23-37-48-44(56-29-15-16-30-56)32-42-46-40(52(61)58(54(42)63)36-21-19-34(33-59)20-22-36)26-24-38(50(46)48)47-43(55-27-13-14-28-55)31-41(53(57)62)45(39)49(37)47/h19-26,31-33,35H,3-18,27-30H2,1-2H3. The van der Waals surface area contributed by atoms with Crippen LogP contribution in [-0.2, 0) is 0 Å². The lowest BCUT2D eigenvalue weighted by atomic mass is 9.80. The van der Waals surface area contributed by atoms with Crippen LogP contribution in [0.25, 0.3) is 43.1 Å². The largest absolute Gasteiger partial charge is 0.371 e. The molecule has 0 atom stereocenters. The predicted molar refractivity (Wildman–Crippen MR) is 255 cm³/mol. The number of benzene rings is 6. The zero-order valence-electron chi connectivity index (χ0n) is 36.9. The molecule has 4 amide bonds. The molecule has 6 aromatic rings. The number of carbonyl (C=O) groups excluding carboxylic acids is 5. The fourth-order valence-electron chi connectivity index (χ4n) is 11.5. The van der Waals surface area contributed by atoms with Crippen LogP contribution in [0.3, 0.4) is 0 Å². The van der Waals surface area contributed by atoms with E-state index < -0.39 is 11.8 Å². The van der Waals surface area contributed by atoms with Crippen LogP contribution < -0.4 is 14.7 Å². The zero-order chi connectivity index (χ0) is 43.4. The summed E-state index contributed by atoms with van der Waals surface area (Å²) in [5.74, 6) is -1.18. The molecule has 6 aromatic carbocycles. The molecule has 0 bridgehead atoms. The molecule has 0 saturated carbocycles. The van der Waals surface area contributed by atoms with Gasteiger partial charge in [0.05, 0.1) is 16.8 Å². The maximum absolute atomic E-state index is 15.3. The topological polar surface area (TPSA) is 98.3 Å². The van der Waals surface area contributed by atoms with E-state index in [0.29, 0.717) is 38.9 Å². The van der Waals surface area contributed by atoms with Crippen LogP contribution in [0.5, 0.6) is 0 Å². The van der Waals surface area contributed by atoms with Gasteiger partial charge in [0.15, 0.2) is 0 Å². The van der Waals surface area contributed by atoms with Gasteiger partial charge in [0, 0.05) is 92.6 Å². The van der Waals surface area contributed by atoms with Crippen LogP contribution in [0.2, 0.25) is 0 Å². The van der Waals surface area contributed by atoms with Crippen LogP contribution in [0, 0.1) is 0 Å². The summed E-state index contributed by atoms with van der Waals surface area (Å²) < 4.78 is 0. The van der Waals surface area contributed by atoms with Gasteiger partial charge in [-0.2, -0.15) is 0 Å². The smallest absolute Gasteiger partial charge is 0.266 e. The van der Waals surface area contributed by atoms with Crippen molar-refractivity contribution >= 4 is 90.1 Å². The van der Waals surface area contributed by atoms with Gasteiger partial charge in [0.2, 0.25) is 0 Å². The van der Waals surface area contributed by atoms with Crippen molar-refractivity contribution in [3.8, 4) is 0 Å². The minimum atomic E-state index is -0.407. The first-order valence-corrected chi connectivity index (χ1v) is 24.0. The molecule has 63 heavy (non-hydrogen) atoms. The van der Waals surface area contributed by atoms with Gasteiger partial charge >= 0.3 is 0 Å². The van der Waals surface area contributed by atoms with Gasteiger partial charge in [-0.25, -0.2) is 4.90 Å². The second kappa shape index (κ2) is 17.0. The van der Waals surface area contributed by atoms with Crippen LogP contribution in [0.1, 0.15) is 168 Å². The SMILES string of the molecule is CCCCCCCC(CCCCCCC)N1C(=O)c2ccc3c4c(N5CCCC5)cc5c6c(ccc(c7c(N8CCCC8)cc(c2c37)C1=O)c64)C(=O)N(c1ccc(C=O)cc1)C5=O. The van der Waals surface area contributed by atoms with Crippen LogP contribution in [-0.4, -0.2) is 67.0 Å². The average Bonchev–Trinajstić information content (AvgIpc) is 4.06. The number of unbranched alkanes of at least 4 members (excludes halogenated alkanes) is 8. The van der Waals surface area contributed by atoms with Gasteiger partial charge in [-0.05, 0) is 97.8 Å². The third kappa shape index (κ3) is 6.76. The Morgan fingerprint density at radius 1 is 0.492 bits per heavy atom. The van der Waals surface area contributed by atoms with Crippen molar-refractivity contribution in [1.29, 1.82) is 0 Å². The highest BCUT2D eigenvalue weighted by Crippen LogP contribution is 2.53. The Morgan fingerprint density at radius 3 is 1.43 bits per heavy atom. The average molecular weight is 843 g/mol. The normalized spacial score (nSPS) is 16.6. The fraction of sp³-hybridized carbons (Fsp3) is 0.426. The van der Waals surface area contributed by atoms with Crippen molar-refractivity contribution in [1.82, 2.24) is 4.90 Å². The molecule has 0 aliphatic carbocycles. The maximum Gasteiger partial charge on any atom is 0.266 e. The van der Waals surface area contributed by atoms with Crippen molar-refractivity contribution in [3.63, 3.8) is 0 Å². The number of aldehydes is 1. The molecule has 9 nitrogen and oxygen atoms in total. The van der Waals surface area contributed by atoms with Crippen molar-refractivity contribution < 1.29 is 24.0 Å². The van der Waals surface area contributed by atoms with Gasteiger partial charge in [-0.15, -0.1) is 0 Å². The minimum Gasteiger partial charge on any atom is -0.371 e. The van der Waals surface area contributed by atoms with Gasteiger partial charge in [-0.3, -0.25) is 28.9 Å². The highest BCUT2D eigenvalue weighted by molar-refractivity contribution is 6.46. The number of imide groups is 2. The van der Waals surface area contributed by atoms with E-state index in [1.54, 1.807) is 29.2 Å². The molecule has 324 valence electrons. The third-order valence-electron chi connectivity index (χ3n) is 14.7. The lowest BCUT2D eigenvalue weighted by Gasteiger charge is -2.36. The van der Waals surface area contributed by atoms with E-state index in [-0.39, 0.29) is 17.9 Å². The van der Waals surface area contributed by atoms with Crippen molar-refractivity contribution in [2.75, 3.05) is 40.9 Å². The quantitative estimate of drug-likeness (QED) is 0.0296. The number of amides is 4. The van der Waals surface area contributed by atoms with Crippen molar-refractivity contribution in [2.24, 2.45) is 0 Å². The number of hydrogen-bond acceptors (Lipinski definition) is 7. The Labute approximate surface area is 369 Å². The van der Waals surface area contributed by atoms with E-state index in [4.69, 9.17) is 0 Å². The summed E-state index contributed by atoms with van der Waals surface area (Å²) in [6.07, 6.45) is 17.8. The Bertz CT molecular complexity index is 2780. The number of anilines is 3. The molecule has 0 N–H and O–H groups in total. The number of hydrogen-bond donors (Lipinski definition) is 0. The van der Waals surface area contributed by atoms with Crippen LogP contribution in [0.15, 0.2) is 60.7 Å². The molecular formula is C54H58N4O5. The van der Waals surface area contributed by atoms with Crippen molar-refractivity contribution in [2.45, 2.75) is 123 Å².